The number of hydrogen-bond donors (Lipinski definition) is 2. The van der Waals surface area contributed by atoms with Gasteiger partial charge in [0.2, 0.25) is 6.41 Å². The van der Waals surface area contributed by atoms with Crippen molar-refractivity contribution in [3.05, 3.63) is 91.0 Å². The summed E-state index contributed by atoms with van der Waals surface area (Å²) in [6, 6.07) is 26.9. The third-order valence-corrected chi connectivity index (χ3v) is 5.11. The molecule has 1 aliphatic rings. The quantitative estimate of drug-likeness (QED) is 0.503. The predicted molar refractivity (Wildman–Crippen MR) is 118 cm³/mol. The van der Waals surface area contributed by atoms with E-state index in [-0.39, 0.29) is 6.61 Å². The highest BCUT2D eigenvalue weighted by atomic mass is 16.7. The van der Waals surface area contributed by atoms with Crippen molar-refractivity contribution in [3.8, 4) is 17.2 Å². The Morgan fingerprint density at radius 3 is 1.81 bits per heavy atom. The van der Waals surface area contributed by atoms with Crippen LogP contribution in [0.25, 0.3) is 0 Å². The molecule has 0 saturated carbocycles. The molecule has 3 aromatic carbocycles. The van der Waals surface area contributed by atoms with Gasteiger partial charge < -0.3 is 29.4 Å². The fraction of sp³-hybridized carbons (Fsp3) is 0.240. The molecule has 1 heterocycles. The van der Waals surface area contributed by atoms with Crippen LogP contribution < -0.4 is 19.5 Å². The van der Waals surface area contributed by atoms with E-state index >= 15 is 0 Å². The van der Waals surface area contributed by atoms with Gasteiger partial charge in [0.15, 0.2) is 18.5 Å². The van der Waals surface area contributed by atoms with Crippen molar-refractivity contribution in [3.63, 3.8) is 0 Å². The SMILES string of the molecule is O=CNC1[C@@H](Oc2ccccc2)[C@H](Oc2ccccc2)[C@@H](COc2ccccc2)O[C@@H]1O. The zero-order valence-corrected chi connectivity index (χ0v) is 17.3. The highest BCUT2D eigenvalue weighted by Gasteiger charge is 2.49. The van der Waals surface area contributed by atoms with E-state index < -0.39 is 30.6 Å². The maximum atomic E-state index is 11.3. The van der Waals surface area contributed by atoms with E-state index in [1.54, 1.807) is 12.1 Å². The van der Waals surface area contributed by atoms with E-state index in [2.05, 4.69) is 5.32 Å². The first-order valence-electron chi connectivity index (χ1n) is 10.4. The van der Waals surface area contributed by atoms with E-state index in [0.717, 1.165) is 0 Å². The summed E-state index contributed by atoms with van der Waals surface area (Å²) in [6.45, 7) is 0.112. The Labute approximate surface area is 186 Å². The number of para-hydroxylation sites is 3. The van der Waals surface area contributed by atoms with Gasteiger partial charge in [-0.3, -0.25) is 4.79 Å². The fourth-order valence-corrected chi connectivity index (χ4v) is 3.60. The Hall–Kier alpha value is -3.55. The molecule has 4 rings (SSSR count). The number of aliphatic hydroxyl groups is 1. The largest absolute Gasteiger partial charge is 0.491 e. The van der Waals surface area contributed by atoms with E-state index in [0.29, 0.717) is 23.7 Å². The van der Waals surface area contributed by atoms with Crippen molar-refractivity contribution < 1.29 is 28.8 Å². The molecule has 0 aliphatic carbocycles. The highest BCUT2D eigenvalue weighted by molar-refractivity contribution is 5.47. The smallest absolute Gasteiger partial charge is 0.207 e. The number of amides is 1. The zero-order valence-electron chi connectivity index (χ0n) is 17.3. The maximum absolute atomic E-state index is 11.3. The highest BCUT2D eigenvalue weighted by Crippen LogP contribution is 2.29. The summed E-state index contributed by atoms with van der Waals surface area (Å²) in [5.41, 5.74) is 0. The molecule has 1 amide bonds. The summed E-state index contributed by atoms with van der Waals surface area (Å²) in [7, 11) is 0. The van der Waals surface area contributed by atoms with Crippen LogP contribution in [0, 0.1) is 0 Å². The van der Waals surface area contributed by atoms with E-state index in [4.69, 9.17) is 18.9 Å². The second-order valence-corrected chi connectivity index (χ2v) is 7.29. The number of benzene rings is 3. The molecule has 0 bridgehead atoms. The fourth-order valence-electron chi connectivity index (χ4n) is 3.60. The van der Waals surface area contributed by atoms with Crippen LogP contribution in [0.4, 0.5) is 0 Å². The van der Waals surface area contributed by atoms with Gasteiger partial charge in [0.25, 0.3) is 0 Å². The summed E-state index contributed by atoms with van der Waals surface area (Å²) in [6.07, 6.45) is -2.92. The van der Waals surface area contributed by atoms with Gasteiger partial charge in [-0.1, -0.05) is 54.6 Å². The average molecular weight is 435 g/mol. The summed E-state index contributed by atoms with van der Waals surface area (Å²) in [5.74, 6) is 1.85. The van der Waals surface area contributed by atoms with Gasteiger partial charge in [0.1, 0.15) is 36.0 Å². The number of hydrogen-bond acceptors (Lipinski definition) is 6. The van der Waals surface area contributed by atoms with Crippen molar-refractivity contribution in [2.24, 2.45) is 0 Å². The van der Waals surface area contributed by atoms with E-state index in [1.165, 1.54) is 0 Å². The molecule has 1 fully saturated rings. The second kappa shape index (κ2) is 10.7. The van der Waals surface area contributed by atoms with Crippen LogP contribution in [0.15, 0.2) is 91.0 Å². The lowest BCUT2D eigenvalue weighted by atomic mass is 9.96. The number of ether oxygens (including phenoxy) is 4. The molecular formula is C25H25NO6. The third kappa shape index (κ3) is 5.38. The summed E-state index contributed by atoms with van der Waals surface area (Å²) < 4.78 is 24.2. The van der Waals surface area contributed by atoms with Crippen LogP contribution in [-0.2, 0) is 9.53 Å². The van der Waals surface area contributed by atoms with Gasteiger partial charge in [-0.25, -0.2) is 0 Å². The molecule has 5 atom stereocenters. The van der Waals surface area contributed by atoms with Gasteiger partial charge in [-0.2, -0.15) is 0 Å². The zero-order chi connectivity index (χ0) is 22.2. The molecule has 166 valence electrons. The molecule has 7 nitrogen and oxygen atoms in total. The van der Waals surface area contributed by atoms with Crippen LogP contribution in [0.3, 0.4) is 0 Å². The minimum Gasteiger partial charge on any atom is -0.491 e. The summed E-state index contributed by atoms with van der Waals surface area (Å²) >= 11 is 0. The van der Waals surface area contributed by atoms with Crippen LogP contribution in [0.2, 0.25) is 0 Å². The number of carbonyl (C=O) groups is 1. The summed E-state index contributed by atoms with van der Waals surface area (Å²) in [5, 5.41) is 13.3. The van der Waals surface area contributed by atoms with Crippen molar-refractivity contribution in [1.29, 1.82) is 0 Å². The number of aliphatic hydroxyl groups excluding tert-OH is 1. The Balaban J connectivity index is 1.63. The van der Waals surface area contributed by atoms with Crippen LogP contribution >= 0.6 is 0 Å². The molecule has 1 saturated heterocycles. The van der Waals surface area contributed by atoms with Gasteiger partial charge >= 0.3 is 0 Å². The maximum Gasteiger partial charge on any atom is 0.207 e. The van der Waals surface area contributed by atoms with E-state index in [1.807, 2.05) is 78.9 Å². The minimum atomic E-state index is -1.31. The van der Waals surface area contributed by atoms with Crippen molar-refractivity contribution in [2.45, 2.75) is 30.6 Å². The Morgan fingerprint density at radius 1 is 0.781 bits per heavy atom. The monoisotopic (exact) mass is 435 g/mol. The molecule has 32 heavy (non-hydrogen) atoms. The first-order chi connectivity index (χ1) is 15.7. The topological polar surface area (TPSA) is 86.3 Å². The van der Waals surface area contributed by atoms with Gasteiger partial charge in [-0.05, 0) is 36.4 Å². The van der Waals surface area contributed by atoms with Crippen molar-refractivity contribution in [2.75, 3.05) is 6.61 Å². The first-order valence-corrected chi connectivity index (χ1v) is 10.4. The molecule has 2 N–H and O–H groups in total. The second-order valence-electron chi connectivity index (χ2n) is 7.29. The van der Waals surface area contributed by atoms with Crippen LogP contribution in [0.1, 0.15) is 0 Å². The molecule has 1 aliphatic heterocycles. The molecule has 0 aromatic heterocycles. The molecule has 7 heteroatoms. The molecular weight excluding hydrogens is 410 g/mol. The normalized spacial score (nSPS) is 24.8. The van der Waals surface area contributed by atoms with E-state index in [9.17, 15) is 9.90 Å². The number of nitrogens with one attached hydrogen (secondary N) is 1. The van der Waals surface area contributed by atoms with Gasteiger partial charge in [0, 0.05) is 0 Å². The Morgan fingerprint density at radius 2 is 1.28 bits per heavy atom. The lowest BCUT2D eigenvalue weighted by Gasteiger charge is -2.44. The molecule has 0 radical (unpaired) electrons. The summed E-state index contributed by atoms with van der Waals surface area (Å²) in [4.78, 5) is 11.3. The lowest BCUT2D eigenvalue weighted by Crippen LogP contribution is -2.66. The van der Waals surface area contributed by atoms with Gasteiger partial charge in [0.05, 0.1) is 0 Å². The van der Waals surface area contributed by atoms with Crippen LogP contribution in [0.5, 0.6) is 17.2 Å². The average Bonchev–Trinajstić information content (AvgIpc) is 2.84. The van der Waals surface area contributed by atoms with Gasteiger partial charge in [-0.15, -0.1) is 0 Å². The molecule has 3 aromatic rings. The van der Waals surface area contributed by atoms with Crippen molar-refractivity contribution in [1.82, 2.24) is 5.32 Å². The standard InChI is InChI=1S/C25H25NO6/c27-17-26-22-24(31-20-14-8-3-9-15-20)23(30-19-12-6-2-7-13-19)21(32-25(22)28)16-29-18-10-4-1-5-11-18/h1-15,17,21-25,28H,16H2,(H,26,27)/t21-,22?,23-,24-,25+/m1/s1. The number of carbonyl (C=O) groups excluding carboxylic acids is 1. The minimum absolute atomic E-state index is 0.112. The van der Waals surface area contributed by atoms with Crippen molar-refractivity contribution >= 4 is 6.41 Å². The molecule has 0 spiro atoms. The lowest BCUT2D eigenvalue weighted by molar-refractivity contribution is -0.242. The predicted octanol–water partition coefficient (Wildman–Crippen LogP) is 2.79. The molecule has 1 unspecified atom stereocenters. The van der Waals surface area contributed by atoms with Crippen LogP contribution in [-0.4, -0.2) is 48.8 Å². The third-order valence-electron chi connectivity index (χ3n) is 5.11. The Bertz CT molecular complexity index is 956. The Kier molecular flexibility index (Phi) is 7.22. The first kappa shape index (κ1) is 21.7. The number of rotatable bonds is 9.